The van der Waals surface area contributed by atoms with Crippen molar-refractivity contribution in [3.8, 4) is 0 Å². The Morgan fingerprint density at radius 1 is 1.28 bits per heavy atom. The van der Waals surface area contributed by atoms with Crippen molar-refractivity contribution < 1.29 is 4.79 Å². The lowest BCUT2D eigenvalue weighted by molar-refractivity contribution is -0.120. The largest absolute Gasteiger partial charge is 0.330 e. The van der Waals surface area contributed by atoms with Crippen molar-refractivity contribution in [2.24, 2.45) is 11.7 Å². The fourth-order valence-electron chi connectivity index (χ4n) is 2.25. The number of amides is 1. The lowest BCUT2D eigenvalue weighted by atomic mass is 9.97. The first kappa shape index (κ1) is 13.1. The van der Waals surface area contributed by atoms with Gasteiger partial charge < -0.3 is 16.4 Å². The number of hydrogen-bond donors (Lipinski definition) is 3. The van der Waals surface area contributed by atoms with Crippen LogP contribution >= 0.6 is 0 Å². The van der Waals surface area contributed by atoms with Crippen LogP contribution < -0.4 is 16.4 Å². The van der Waals surface area contributed by atoms with Crippen molar-refractivity contribution in [1.29, 1.82) is 0 Å². The molecule has 0 aliphatic carbocycles. The Hall–Kier alpha value is -1.39. The number of benzene rings is 1. The van der Waals surface area contributed by atoms with Crippen LogP contribution in [0.3, 0.4) is 0 Å². The molecule has 0 atom stereocenters. The number of nitrogens with two attached hydrogens (primary N) is 1. The van der Waals surface area contributed by atoms with E-state index in [0.29, 0.717) is 6.54 Å². The van der Waals surface area contributed by atoms with Gasteiger partial charge >= 0.3 is 0 Å². The van der Waals surface area contributed by atoms with E-state index in [1.165, 1.54) is 5.56 Å². The van der Waals surface area contributed by atoms with Gasteiger partial charge in [-0.15, -0.1) is 0 Å². The third kappa shape index (κ3) is 3.55. The molecule has 0 unspecified atom stereocenters. The molecule has 1 saturated heterocycles. The Balaban J connectivity index is 1.89. The zero-order valence-electron chi connectivity index (χ0n) is 10.6. The third-order valence-electron chi connectivity index (χ3n) is 3.36. The second-order valence-electron chi connectivity index (χ2n) is 4.75. The molecule has 0 bridgehead atoms. The van der Waals surface area contributed by atoms with Crippen molar-refractivity contribution in [3.63, 3.8) is 0 Å². The predicted octanol–water partition coefficient (Wildman–Crippen LogP) is 1.13. The maximum Gasteiger partial charge on any atom is 0.227 e. The van der Waals surface area contributed by atoms with Gasteiger partial charge in [0.1, 0.15) is 0 Å². The first-order valence-electron chi connectivity index (χ1n) is 6.60. The molecule has 0 saturated carbocycles. The summed E-state index contributed by atoms with van der Waals surface area (Å²) in [6, 6.07) is 7.93. The highest BCUT2D eigenvalue weighted by molar-refractivity contribution is 5.92. The number of carbonyl (C=O) groups is 1. The topological polar surface area (TPSA) is 67.1 Å². The fraction of sp³-hybridized carbons (Fsp3) is 0.500. The van der Waals surface area contributed by atoms with Gasteiger partial charge in [0.15, 0.2) is 0 Å². The number of carbonyl (C=O) groups excluding carboxylic acids is 1. The van der Waals surface area contributed by atoms with Crippen molar-refractivity contribution in [2.75, 3.05) is 25.0 Å². The standard InChI is InChI=1S/C14H21N3O/c15-8-5-11-1-3-13(4-2-11)17-14(18)12-6-9-16-10-7-12/h1-4,12,16H,5-10,15H2,(H,17,18). The fourth-order valence-corrected chi connectivity index (χ4v) is 2.25. The highest BCUT2D eigenvalue weighted by Crippen LogP contribution is 2.16. The smallest absolute Gasteiger partial charge is 0.227 e. The molecule has 4 N–H and O–H groups in total. The van der Waals surface area contributed by atoms with E-state index in [4.69, 9.17) is 5.73 Å². The summed E-state index contributed by atoms with van der Waals surface area (Å²) in [4.78, 5) is 12.0. The van der Waals surface area contributed by atoms with Crippen LogP contribution in [0.4, 0.5) is 5.69 Å². The summed E-state index contributed by atoms with van der Waals surface area (Å²) in [7, 11) is 0. The van der Waals surface area contributed by atoms with Crippen LogP contribution in [-0.4, -0.2) is 25.5 Å². The molecule has 0 radical (unpaired) electrons. The molecule has 1 heterocycles. The second kappa shape index (κ2) is 6.52. The van der Waals surface area contributed by atoms with Crippen LogP contribution in [0.15, 0.2) is 24.3 Å². The average Bonchev–Trinajstić information content (AvgIpc) is 2.42. The molecule has 1 aliphatic rings. The molecule has 4 nitrogen and oxygen atoms in total. The molecule has 1 aromatic rings. The minimum atomic E-state index is 0.142. The molecule has 1 aromatic carbocycles. The SMILES string of the molecule is NCCc1ccc(NC(=O)C2CCNCC2)cc1. The maximum atomic E-state index is 12.0. The quantitative estimate of drug-likeness (QED) is 0.747. The Bertz CT molecular complexity index is 383. The van der Waals surface area contributed by atoms with Gasteiger partial charge in [-0.3, -0.25) is 4.79 Å². The summed E-state index contributed by atoms with van der Waals surface area (Å²) in [5.41, 5.74) is 7.58. The molecule has 4 heteroatoms. The Labute approximate surface area is 108 Å². The van der Waals surface area contributed by atoms with Crippen LogP contribution in [0, 0.1) is 5.92 Å². The van der Waals surface area contributed by atoms with E-state index in [1.807, 2.05) is 24.3 Å². The number of rotatable bonds is 4. The molecule has 0 aromatic heterocycles. The first-order chi connectivity index (χ1) is 8.79. The van der Waals surface area contributed by atoms with Crippen LogP contribution in [0.2, 0.25) is 0 Å². The Morgan fingerprint density at radius 3 is 2.56 bits per heavy atom. The van der Waals surface area contributed by atoms with Gasteiger partial charge in [-0.25, -0.2) is 0 Å². The molecule has 1 amide bonds. The summed E-state index contributed by atoms with van der Waals surface area (Å²) in [6.45, 7) is 2.53. The summed E-state index contributed by atoms with van der Waals surface area (Å²) >= 11 is 0. The molecule has 1 aliphatic heterocycles. The van der Waals surface area contributed by atoms with Crippen LogP contribution in [0.5, 0.6) is 0 Å². The van der Waals surface area contributed by atoms with Crippen LogP contribution in [0.25, 0.3) is 0 Å². The summed E-state index contributed by atoms with van der Waals surface area (Å²) in [5.74, 6) is 0.290. The van der Waals surface area contributed by atoms with Crippen molar-refractivity contribution >= 4 is 11.6 Å². The van der Waals surface area contributed by atoms with E-state index in [-0.39, 0.29) is 11.8 Å². The van der Waals surface area contributed by atoms with Gasteiger partial charge in [0, 0.05) is 11.6 Å². The van der Waals surface area contributed by atoms with Crippen LogP contribution in [0.1, 0.15) is 18.4 Å². The number of anilines is 1. The number of nitrogens with one attached hydrogen (secondary N) is 2. The molecule has 18 heavy (non-hydrogen) atoms. The van der Waals surface area contributed by atoms with Gasteiger partial charge in [-0.1, -0.05) is 12.1 Å². The summed E-state index contributed by atoms with van der Waals surface area (Å²) in [6.07, 6.45) is 2.73. The normalized spacial score (nSPS) is 16.5. The predicted molar refractivity (Wildman–Crippen MR) is 73.4 cm³/mol. The number of piperidine rings is 1. The molecule has 1 fully saturated rings. The van der Waals surface area contributed by atoms with E-state index >= 15 is 0 Å². The molecular weight excluding hydrogens is 226 g/mol. The van der Waals surface area contributed by atoms with Gasteiger partial charge in [-0.05, 0) is 56.6 Å². The van der Waals surface area contributed by atoms with Crippen molar-refractivity contribution in [3.05, 3.63) is 29.8 Å². The van der Waals surface area contributed by atoms with E-state index < -0.39 is 0 Å². The molecule has 98 valence electrons. The first-order valence-corrected chi connectivity index (χ1v) is 6.60. The summed E-state index contributed by atoms with van der Waals surface area (Å²) in [5, 5.41) is 6.25. The zero-order valence-corrected chi connectivity index (χ0v) is 10.6. The van der Waals surface area contributed by atoms with Gasteiger partial charge in [0.25, 0.3) is 0 Å². The van der Waals surface area contributed by atoms with E-state index in [9.17, 15) is 4.79 Å². The van der Waals surface area contributed by atoms with E-state index in [1.54, 1.807) is 0 Å². The van der Waals surface area contributed by atoms with Crippen molar-refractivity contribution in [2.45, 2.75) is 19.3 Å². The van der Waals surface area contributed by atoms with Gasteiger partial charge in [-0.2, -0.15) is 0 Å². The minimum Gasteiger partial charge on any atom is -0.330 e. The van der Waals surface area contributed by atoms with Gasteiger partial charge in [0.05, 0.1) is 0 Å². The Morgan fingerprint density at radius 2 is 1.94 bits per heavy atom. The highest BCUT2D eigenvalue weighted by Gasteiger charge is 2.20. The van der Waals surface area contributed by atoms with E-state index in [2.05, 4.69) is 10.6 Å². The lowest BCUT2D eigenvalue weighted by Gasteiger charge is -2.21. The van der Waals surface area contributed by atoms with Crippen LogP contribution in [-0.2, 0) is 11.2 Å². The maximum absolute atomic E-state index is 12.0. The number of hydrogen-bond acceptors (Lipinski definition) is 3. The lowest BCUT2D eigenvalue weighted by Crippen LogP contribution is -2.34. The van der Waals surface area contributed by atoms with Crippen molar-refractivity contribution in [1.82, 2.24) is 5.32 Å². The molecule has 2 rings (SSSR count). The summed E-state index contributed by atoms with van der Waals surface area (Å²) < 4.78 is 0. The Kier molecular flexibility index (Phi) is 4.73. The molecule has 0 spiro atoms. The third-order valence-corrected chi connectivity index (χ3v) is 3.36. The molecular formula is C14H21N3O. The minimum absolute atomic E-state index is 0.142. The van der Waals surface area contributed by atoms with Gasteiger partial charge in [0.2, 0.25) is 5.91 Å². The van der Waals surface area contributed by atoms with E-state index in [0.717, 1.165) is 38.0 Å². The average molecular weight is 247 g/mol. The zero-order chi connectivity index (χ0) is 12.8. The monoisotopic (exact) mass is 247 g/mol. The highest BCUT2D eigenvalue weighted by atomic mass is 16.1. The second-order valence-corrected chi connectivity index (χ2v) is 4.75.